The van der Waals surface area contributed by atoms with Gasteiger partial charge in [-0.25, -0.2) is 8.78 Å². The van der Waals surface area contributed by atoms with Gasteiger partial charge in [0.2, 0.25) is 0 Å². The van der Waals surface area contributed by atoms with Gasteiger partial charge in [0.05, 0.1) is 12.6 Å². The minimum Gasteiger partial charge on any atom is -0.390 e. The van der Waals surface area contributed by atoms with Crippen LogP contribution in [0.2, 0.25) is 0 Å². The number of aliphatic hydroxyl groups excluding tert-OH is 2. The largest absolute Gasteiger partial charge is 0.390 e. The highest BCUT2D eigenvalue weighted by Crippen LogP contribution is 2.77. The van der Waals surface area contributed by atoms with Crippen LogP contribution in [0.3, 0.4) is 0 Å². The first-order chi connectivity index (χ1) is 17.8. The Morgan fingerprint density at radius 3 is 2.66 bits per heavy atom. The molecule has 0 aromatic carbocycles. The molecule has 3 saturated carbocycles. The number of fused-ring (bicyclic) bond motifs is 7. The molecule has 6 rings (SSSR count). The molecule has 1 aliphatic heterocycles. The maximum Gasteiger partial charge on any atom is 0.192 e. The van der Waals surface area contributed by atoms with Gasteiger partial charge in [-0.05, 0) is 68.4 Å². The second kappa shape index (κ2) is 8.13. The third-order valence-corrected chi connectivity index (χ3v) is 12.1. The van der Waals surface area contributed by atoms with Gasteiger partial charge in [-0.1, -0.05) is 19.9 Å². The summed E-state index contributed by atoms with van der Waals surface area (Å²) >= 11 is 1.64. The Kier molecular flexibility index (Phi) is 5.66. The number of ketones is 2. The second-order valence-corrected chi connectivity index (χ2v) is 14.0. The fraction of sp³-hybridized carbons (Fsp3) is 0.655. The van der Waals surface area contributed by atoms with E-state index >= 15 is 8.78 Å². The number of halogens is 2. The molecule has 2 N–H and O–H groups in total. The molecule has 0 unspecified atom stereocenters. The van der Waals surface area contributed by atoms with Crippen LogP contribution in [0.25, 0.3) is 0 Å². The molecule has 4 aliphatic carbocycles. The summed E-state index contributed by atoms with van der Waals surface area (Å²) in [4.78, 5) is 34.5. The molecule has 0 radical (unpaired) electrons. The third-order valence-electron chi connectivity index (χ3n) is 11.1. The van der Waals surface area contributed by atoms with Crippen LogP contribution in [0, 0.1) is 35.0 Å². The number of carbonyl (C=O) groups is 2. The topological polar surface area (TPSA) is 87.1 Å². The molecule has 0 amide bonds. The van der Waals surface area contributed by atoms with Crippen LogP contribution in [0.15, 0.2) is 35.9 Å². The summed E-state index contributed by atoms with van der Waals surface area (Å²) in [5.74, 6) is -2.18. The van der Waals surface area contributed by atoms with Gasteiger partial charge >= 0.3 is 0 Å². The molecule has 1 aromatic rings. The molecule has 1 aromatic heterocycles. The zero-order valence-electron chi connectivity index (χ0n) is 22.2. The van der Waals surface area contributed by atoms with E-state index in [1.165, 1.54) is 18.2 Å². The van der Waals surface area contributed by atoms with E-state index in [1.807, 2.05) is 32.9 Å². The van der Waals surface area contributed by atoms with Gasteiger partial charge in [-0.2, -0.15) is 5.06 Å². The van der Waals surface area contributed by atoms with E-state index in [0.29, 0.717) is 19.5 Å². The molecule has 9 atom stereocenters. The van der Waals surface area contributed by atoms with Crippen LogP contribution in [-0.2, 0) is 21.0 Å². The van der Waals surface area contributed by atoms with Crippen LogP contribution in [0.1, 0.15) is 49.8 Å². The number of hydrogen-bond acceptors (Lipinski definition) is 7. The fourth-order valence-electron chi connectivity index (χ4n) is 9.23. The SMILES string of the molecule is Cc1ccc(CN2C[C@@H]3C[C@@]4(C)[C@@H]5C[C@H](F)C6=CC(=O)C=C[C@]6(C)[C@@]5(F)[C@@H](O)C[C@]4(C)[C@]3(C(=O)CO)O2)s1. The molecular weight excluding hydrogens is 512 g/mol. The predicted molar refractivity (Wildman–Crippen MR) is 137 cm³/mol. The van der Waals surface area contributed by atoms with E-state index in [0.717, 1.165) is 9.75 Å². The van der Waals surface area contributed by atoms with E-state index in [1.54, 1.807) is 23.3 Å². The van der Waals surface area contributed by atoms with Crippen molar-refractivity contribution in [2.75, 3.05) is 13.2 Å². The number of hydrogen-bond donors (Lipinski definition) is 2. The molecule has 0 bridgehead atoms. The lowest BCUT2D eigenvalue weighted by molar-refractivity contribution is -0.289. The standard InChI is InChI=1S/C29H35F2NO5S/c1-16-5-6-19(38-16)14-32-13-17-11-26(3)22-10-21(30)20-9-18(34)7-8-25(20,2)28(22,31)23(35)12-27(26,4)29(17,37-32)24(36)15-33/h5-9,17,21-23,33,35H,10-15H2,1-4H3/t17-,21-,22-,23-,25-,26-,27-,28-,29-/m0/s1. The molecule has 5 aliphatic rings. The summed E-state index contributed by atoms with van der Waals surface area (Å²) in [5, 5.41) is 23.5. The highest BCUT2D eigenvalue weighted by atomic mass is 32.1. The number of allylic oxidation sites excluding steroid dienone is 4. The Bertz CT molecular complexity index is 1280. The number of Topliss-reactive ketones (excluding diaryl/α,β-unsaturated/α-hetero) is 1. The van der Waals surface area contributed by atoms with E-state index in [9.17, 15) is 19.8 Å². The smallest absolute Gasteiger partial charge is 0.192 e. The number of carbonyl (C=O) groups excluding carboxylic acids is 2. The lowest BCUT2D eigenvalue weighted by atomic mass is 9.39. The average molecular weight is 548 g/mol. The van der Waals surface area contributed by atoms with Crippen molar-refractivity contribution in [1.82, 2.24) is 5.06 Å². The Morgan fingerprint density at radius 2 is 2.00 bits per heavy atom. The Labute approximate surface area is 225 Å². The first-order valence-electron chi connectivity index (χ1n) is 13.4. The third kappa shape index (κ3) is 2.95. The Balaban J connectivity index is 1.45. The van der Waals surface area contributed by atoms with Crippen LogP contribution < -0.4 is 0 Å². The lowest BCUT2D eigenvalue weighted by Gasteiger charge is -2.67. The first-order valence-corrected chi connectivity index (χ1v) is 14.2. The summed E-state index contributed by atoms with van der Waals surface area (Å²) in [6, 6.07) is 4.04. The number of hydroxylamine groups is 2. The van der Waals surface area contributed by atoms with Gasteiger partial charge in [0.25, 0.3) is 0 Å². The number of thiophene rings is 1. The number of rotatable bonds is 4. The van der Waals surface area contributed by atoms with Gasteiger partial charge in [-0.15, -0.1) is 11.3 Å². The first kappa shape index (κ1) is 26.4. The molecule has 38 heavy (non-hydrogen) atoms. The summed E-state index contributed by atoms with van der Waals surface area (Å²) in [7, 11) is 0. The fourth-order valence-corrected chi connectivity index (χ4v) is 10.1. The van der Waals surface area contributed by atoms with Gasteiger partial charge in [0, 0.05) is 39.0 Å². The van der Waals surface area contributed by atoms with Crippen molar-refractivity contribution in [3.63, 3.8) is 0 Å². The molecule has 206 valence electrons. The minimum atomic E-state index is -2.25. The van der Waals surface area contributed by atoms with Crippen LogP contribution in [-0.4, -0.2) is 63.5 Å². The average Bonchev–Trinajstić information content (AvgIpc) is 3.48. The van der Waals surface area contributed by atoms with Gasteiger partial charge in [-0.3, -0.25) is 14.4 Å². The van der Waals surface area contributed by atoms with Gasteiger partial charge in [0.1, 0.15) is 12.8 Å². The Morgan fingerprint density at radius 1 is 1.26 bits per heavy atom. The molecule has 6 nitrogen and oxygen atoms in total. The molecule has 1 saturated heterocycles. The van der Waals surface area contributed by atoms with Crippen molar-refractivity contribution in [1.29, 1.82) is 0 Å². The Hall–Kier alpha value is -1.78. The number of aliphatic hydroxyl groups is 2. The molecule has 9 heteroatoms. The monoisotopic (exact) mass is 547 g/mol. The maximum atomic E-state index is 17.6. The van der Waals surface area contributed by atoms with Crippen molar-refractivity contribution >= 4 is 22.9 Å². The highest BCUT2D eigenvalue weighted by molar-refractivity contribution is 7.11. The van der Waals surface area contributed by atoms with Crippen molar-refractivity contribution < 1.29 is 33.4 Å². The van der Waals surface area contributed by atoms with E-state index < -0.39 is 58.1 Å². The summed E-state index contributed by atoms with van der Waals surface area (Å²) in [5.41, 5.74) is -7.13. The highest BCUT2D eigenvalue weighted by Gasteiger charge is 2.83. The van der Waals surface area contributed by atoms with Crippen LogP contribution in [0.5, 0.6) is 0 Å². The van der Waals surface area contributed by atoms with Gasteiger partial charge in [0.15, 0.2) is 22.8 Å². The molecule has 2 heterocycles. The zero-order valence-corrected chi connectivity index (χ0v) is 23.0. The number of nitrogens with zero attached hydrogens (tertiary/aromatic N) is 1. The summed E-state index contributed by atoms with van der Waals surface area (Å²) in [6.07, 6.45) is 0.868. The second-order valence-electron chi connectivity index (χ2n) is 12.7. The van der Waals surface area contributed by atoms with Crippen molar-refractivity contribution in [2.45, 2.75) is 77.0 Å². The van der Waals surface area contributed by atoms with Crippen LogP contribution in [0.4, 0.5) is 8.78 Å². The maximum absolute atomic E-state index is 17.6. The van der Waals surface area contributed by atoms with Crippen molar-refractivity contribution in [2.24, 2.45) is 28.1 Å². The molecule has 4 fully saturated rings. The van der Waals surface area contributed by atoms with E-state index in [2.05, 4.69) is 0 Å². The van der Waals surface area contributed by atoms with Crippen molar-refractivity contribution in [3.8, 4) is 0 Å². The van der Waals surface area contributed by atoms with E-state index in [4.69, 9.17) is 4.84 Å². The number of aryl methyl sites for hydroxylation is 1. The van der Waals surface area contributed by atoms with Crippen molar-refractivity contribution in [3.05, 3.63) is 45.7 Å². The zero-order chi connectivity index (χ0) is 27.5. The lowest BCUT2D eigenvalue weighted by Crippen LogP contribution is -2.73. The quantitative estimate of drug-likeness (QED) is 0.592. The summed E-state index contributed by atoms with van der Waals surface area (Å²) < 4.78 is 33.5. The van der Waals surface area contributed by atoms with Crippen LogP contribution >= 0.6 is 11.3 Å². The van der Waals surface area contributed by atoms with E-state index in [-0.39, 0.29) is 30.1 Å². The minimum absolute atomic E-state index is 0.0722. The molecular formula is C29H35F2NO5S. The summed E-state index contributed by atoms with van der Waals surface area (Å²) in [6.45, 7) is 7.48. The number of alkyl halides is 2. The predicted octanol–water partition coefficient (Wildman–Crippen LogP) is 4.04. The normalized spacial score (nSPS) is 47.8. The van der Waals surface area contributed by atoms with Gasteiger partial charge < -0.3 is 10.2 Å². The molecule has 0 spiro atoms.